The number of hydrogen-bond acceptors (Lipinski definition) is 3. The number of aromatic nitrogens is 3. The standard InChI is InChI=1S/C17H17BrN4/c18-15-3-1-2-12-4-5-16(21-17(12)15)13-10-20-22(11-13)14-6-8-19-9-7-14/h1-5,10-11,14,19H,6-9H2. The van der Waals surface area contributed by atoms with E-state index in [-0.39, 0.29) is 0 Å². The van der Waals surface area contributed by atoms with E-state index in [9.17, 15) is 0 Å². The van der Waals surface area contributed by atoms with Gasteiger partial charge < -0.3 is 5.32 Å². The molecule has 0 unspecified atom stereocenters. The molecule has 1 aliphatic heterocycles. The van der Waals surface area contributed by atoms with Gasteiger partial charge in [-0.3, -0.25) is 4.68 Å². The molecular formula is C17H17BrN4. The van der Waals surface area contributed by atoms with Crippen molar-refractivity contribution in [3.63, 3.8) is 0 Å². The zero-order valence-electron chi connectivity index (χ0n) is 12.2. The van der Waals surface area contributed by atoms with Crippen LogP contribution in [0.25, 0.3) is 22.2 Å². The van der Waals surface area contributed by atoms with E-state index < -0.39 is 0 Å². The Morgan fingerprint density at radius 3 is 2.86 bits per heavy atom. The Kier molecular flexibility index (Phi) is 3.68. The first-order valence-electron chi connectivity index (χ1n) is 7.62. The first kappa shape index (κ1) is 13.9. The molecule has 5 heteroatoms. The Balaban J connectivity index is 1.69. The Labute approximate surface area is 137 Å². The number of nitrogens with zero attached hydrogens (tertiary/aromatic N) is 3. The van der Waals surface area contributed by atoms with Crippen LogP contribution in [0.15, 0.2) is 47.2 Å². The fourth-order valence-electron chi connectivity index (χ4n) is 3.01. The minimum atomic E-state index is 0.502. The van der Waals surface area contributed by atoms with Crippen molar-refractivity contribution in [2.75, 3.05) is 13.1 Å². The number of fused-ring (bicyclic) bond motifs is 1. The van der Waals surface area contributed by atoms with E-state index in [1.54, 1.807) is 0 Å². The summed E-state index contributed by atoms with van der Waals surface area (Å²) in [5.41, 5.74) is 3.05. The van der Waals surface area contributed by atoms with Crippen LogP contribution in [0.1, 0.15) is 18.9 Å². The lowest BCUT2D eigenvalue weighted by Crippen LogP contribution is -2.29. The predicted octanol–water partition coefficient (Wildman–Crippen LogP) is 3.79. The van der Waals surface area contributed by atoms with Gasteiger partial charge in [-0.05, 0) is 54.0 Å². The number of rotatable bonds is 2. The molecule has 0 spiro atoms. The van der Waals surface area contributed by atoms with Crippen LogP contribution < -0.4 is 5.32 Å². The molecule has 2 aromatic heterocycles. The van der Waals surface area contributed by atoms with Gasteiger partial charge in [0.05, 0.1) is 23.4 Å². The van der Waals surface area contributed by atoms with Crippen molar-refractivity contribution >= 4 is 26.8 Å². The van der Waals surface area contributed by atoms with E-state index in [0.29, 0.717) is 6.04 Å². The number of nitrogens with one attached hydrogen (secondary N) is 1. The maximum Gasteiger partial charge on any atom is 0.0851 e. The lowest BCUT2D eigenvalue weighted by molar-refractivity contribution is 0.343. The highest BCUT2D eigenvalue weighted by Crippen LogP contribution is 2.27. The summed E-state index contributed by atoms with van der Waals surface area (Å²) in [6, 6.07) is 10.8. The number of halogens is 1. The van der Waals surface area contributed by atoms with E-state index in [1.807, 2.05) is 18.3 Å². The second-order valence-corrected chi connectivity index (χ2v) is 6.55. The van der Waals surface area contributed by atoms with Gasteiger partial charge in [0.15, 0.2) is 0 Å². The third-order valence-electron chi connectivity index (χ3n) is 4.25. The molecule has 0 aliphatic carbocycles. The SMILES string of the molecule is Brc1cccc2ccc(-c3cnn(C4CCNCC4)c3)nc12. The van der Waals surface area contributed by atoms with E-state index in [0.717, 1.165) is 52.6 Å². The van der Waals surface area contributed by atoms with Gasteiger partial charge >= 0.3 is 0 Å². The molecule has 1 aliphatic rings. The predicted molar refractivity (Wildman–Crippen MR) is 91.8 cm³/mol. The van der Waals surface area contributed by atoms with E-state index >= 15 is 0 Å². The van der Waals surface area contributed by atoms with E-state index in [1.165, 1.54) is 0 Å². The molecule has 0 atom stereocenters. The van der Waals surface area contributed by atoms with Crippen molar-refractivity contribution in [3.8, 4) is 11.3 Å². The first-order chi connectivity index (χ1) is 10.8. The van der Waals surface area contributed by atoms with Gasteiger partial charge in [0.25, 0.3) is 0 Å². The van der Waals surface area contributed by atoms with Crippen molar-refractivity contribution in [2.45, 2.75) is 18.9 Å². The molecule has 1 N–H and O–H groups in total. The lowest BCUT2D eigenvalue weighted by atomic mass is 10.1. The molecule has 22 heavy (non-hydrogen) atoms. The average molecular weight is 357 g/mol. The normalized spacial score (nSPS) is 16.2. The van der Waals surface area contributed by atoms with Crippen molar-refractivity contribution in [1.29, 1.82) is 0 Å². The highest BCUT2D eigenvalue weighted by Gasteiger charge is 2.16. The molecule has 0 saturated carbocycles. The van der Waals surface area contributed by atoms with Gasteiger partial charge in [0.2, 0.25) is 0 Å². The summed E-state index contributed by atoms with van der Waals surface area (Å²) in [5.74, 6) is 0. The average Bonchev–Trinajstić information content (AvgIpc) is 3.06. The molecule has 112 valence electrons. The lowest BCUT2D eigenvalue weighted by Gasteiger charge is -2.22. The minimum absolute atomic E-state index is 0.502. The zero-order valence-corrected chi connectivity index (χ0v) is 13.8. The van der Waals surface area contributed by atoms with Crippen LogP contribution in [-0.2, 0) is 0 Å². The smallest absolute Gasteiger partial charge is 0.0851 e. The van der Waals surface area contributed by atoms with Gasteiger partial charge in [0, 0.05) is 21.6 Å². The summed E-state index contributed by atoms with van der Waals surface area (Å²) in [6.45, 7) is 2.14. The van der Waals surface area contributed by atoms with Crippen molar-refractivity contribution in [1.82, 2.24) is 20.1 Å². The molecule has 0 amide bonds. The summed E-state index contributed by atoms with van der Waals surface area (Å²) in [7, 11) is 0. The maximum absolute atomic E-state index is 4.79. The highest BCUT2D eigenvalue weighted by atomic mass is 79.9. The van der Waals surface area contributed by atoms with E-state index in [4.69, 9.17) is 4.98 Å². The van der Waals surface area contributed by atoms with Crippen LogP contribution in [0.4, 0.5) is 0 Å². The quantitative estimate of drug-likeness (QED) is 0.759. The Morgan fingerprint density at radius 1 is 1.14 bits per heavy atom. The number of piperidine rings is 1. The van der Waals surface area contributed by atoms with Crippen LogP contribution in [0.5, 0.6) is 0 Å². The molecule has 1 saturated heterocycles. The fraction of sp³-hybridized carbons (Fsp3) is 0.294. The molecule has 1 fully saturated rings. The first-order valence-corrected chi connectivity index (χ1v) is 8.41. The Morgan fingerprint density at radius 2 is 2.00 bits per heavy atom. The molecule has 3 aromatic rings. The van der Waals surface area contributed by atoms with Gasteiger partial charge in [-0.2, -0.15) is 5.10 Å². The second-order valence-electron chi connectivity index (χ2n) is 5.70. The minimum Gasteiger partial charge on any atom is -0.317 e. The van der Waals surface area contributed by atoms with Crippen LogP contribution >= 0.6 is 15.9 Å². The third kappa shape index (κ3) is 2.55. The fourth-order valence-corrected chi connectivity index (χ4v) is 3.48. The zero-order chi connectivity index (χ0) is 14.9. The monoisotopic (exact) mass is 356 g/mol. The summed E-state index contributed by atoms with van der Waals surface area (Å²) >= 11 is 3.58. The van der Waals surface area contributed by atoms with Crippen molar-refractivity contribution in [2.24, 2.45) is 0 Å². The molecule has 0 radical (unpaired) electrons. The molecule has 1 aromatic carbocycles. The largest absolute Gasteiger partial charge is 0.317 e. The van der Waals surface area contributed by atoms with Crippen molar-refractivity contribution < 1.29 is 0 Å². The summed E-state index contributed by atoms with van der Waals surface area (Å²) in [6.07, 6.45) is 6.32. The molecule has 3 heterocycles. The molecule has 0 bridgehead atoms. The maximum atomic E-state index is 4.79. The van der Waals surface area contributed by atoms with Crippen molar-refractivity contribution in [3.05, 3.63) is 47.2 Å². The van der Waals surface area contributed by atoms with Gasteiger partial charge in [-0.15, -0.1) is 0 Å². The van der Waals surface area contributed by atoms with Crippen LogP contribution in [0, 0.1) is 0 Å². The van der Waals surface area contributed by atoms with Crippen LogP contribution in [0.3, 0.4) is 0 Å². The second kappa shape index (κ2) is 5.82. The van der Waals surface area contributed by atoms with E-state index in [2.05, 4.69) is 55.4 Å². The molecule has 4 nitrogen and oxygen atoms in total. The Hall–Kier alpha value is -1.72. The van der Waals surface area contributed by atoms with Gasteiger partial charge in [-0.1, -0.05) is 18.2 Å². The summed E-state index contributed by atoms with van der Waals surface area (Å²) in [4.78, 5) is 4.79. The van der Waals surface area contributed by atoms with Crippen LogP contribution in [-0.4, -0.2) is 27.9 Å². The van der Waals surface area contributed by atoms with Crippen LogP contribution in [0.2, 0.25) is 0 Å². The van der Waals surface area contributed by atoms with Gasteiger partial charge in [-0.25, -0.2) is 4.98 Å². The molecular weight excluding hydrogens is 340 g/mol. The third-order valence-corrected chi connectivity index (χ3v) is 4.89. The topological polar surface area (TPSA) is 42.7 Å². The summed E-state index contributed by atoms with van der Waals surface area (Å²) in [5, 5.41) is 9.09. The number of para-hydroxylation sites is 1. The molecule has 4 rings (SSSR count). The van der Waals surface area contributed by atoms with Gasteiger partial charge in [0.1, 0.15) is 0 Å². The number of hydrogen-bond donors (Lipinski definition) is 1. The summed E-state index contributed by atoms with van der Waals surface area (Å²) < 4.78 is 3.12. The number of benzene rings is 1. The highest BCUT2D eigenvalue weighted by molar-refractivity contribution is 9.10. The number of pyridine rings is 1. The Bertz CT molecular complexity index is 805.